The molecule has 0 fully saturated rings. The summed E-state index contributed by atoms with van der Waals surface area (Å²) in [5.41, 5.74) is 5.70. The fraction of sp³-hybridized carbons (Fsp3) is 0.0909. The summed E-state index contributed by atoms with van der Waals surface area (Å²) >= 11 is 0. The number of phenols is 2. The Bertz CT molecular complexity index is 1050. The minimum absolute atomic E-state index is 0.0523. The number of phenolic OH excluding ortho intramolecular Hbond substituents is 2. The van der Waals surface area contributed by atoms with E-state index in [4.69, 9.17) is 0 Å². The molecule has 0 spiro atoms. The maximum atomic E-state index is 11.3. The van der Waals surface area contributed by atoms with Gasteiger partial charge < -0.3 is 10.2 Å². The van der Waals surface area contributed by atoms with Crippen molar-refractivity contribution in [3.8, 4) is 11.5 Å². The summed E-state index contributed by atoms with van der Waals surface area (Å²) < 4.78 is 0. The quantitative estimate of drug-likeness (QED) is 0.480. The molecule has 0 heterocycles. The van der Waals surface area contributed by atoms with E-state index < -0.39 is 5.92 Å². The lowest BCUT2D eigenvalue weighted by atomic mass is 9.60. The van der Waals surface area contributed by atoms with E-state index in [-0.39, 0.29) is 28.5 Å². The highest BCUT2D eigenvalue weighted by Gasteiger charge is 2.44. The standard InChI is InChI=1S/C22H14O4/c23-9-11-5-7-15-17-13-3-1-2-4-14(13)18(19(15)21(11)25)20-16(17)8-6-12(10-24)22(20)26/h1-10,17-18,25-26H. The maximum absolute atomic E-state index is 11.3. The van der Waals surface area contributed by atoms with E-state index in [1.165, 1.54) is 0 Å². The van der Waals surface area contributed by atoms with Gasteiger partial charge in [0.25, 0.3) is 0 Å². The van der Waals surface area contributed by atoms with Gasteiger partial charge in [-0.3, -0.25) is 9.59 Å². The van der Waals surface area contributed by atoms with E-state index >= 15 is 0 Å². The van der Waals surface area contributed by atoms with Gasteiger partial charge >= 0.3 is 0 Å². The number of carbonyl (C=O) groups is 2. The second-order valence-corrected chi connectivity index (χ2v) is 6.74. The third-order valence-electron chi connectivity index (χ3n) is 5.64. The zero-order chi connectivity index (χ0) is 18.0. The fourth-order valence-electron chi connectivity index (χ4n) is 4.58. The van der Waals surface area contributed by atoms with Crippen molar-refractivity contribution in [2.45, 2.75) is 11.8 Å². The number of aldehydes is 2. The lowest BCUT2D eigenvalue weighted by Crippen LogP contribution is -2.28. The van der Waals surface area contributed by atoms with Crippen LogP contribution in [0.25, 0.3) is 0 Å². The first-order valence-corrected chi connectivity index (χ1v) is 8.38. The summed E-state index contributed by atoms with van der Waals surface area (Å²) in [5.74, 6) is -0.674. The largest absolute Gasteiger partial charge is 0.507 e. The number of hydrogen-bond acceptors (Lipinski definition) is 4. The first kappa shape index (κ1) is 14.9. The van der Waals surface area contributed by atoms with Crippen LogP contribution in [0.1, 0.15) is 65.9 Å². The third kappa shape index (κ3) is 1.63. The van der Waals surface area contributed by atoms with Crippen LogP contribution in [-0.2, 0) is 0 Å². The molecule has 0 aromatic heterocycles. The SMILES string of the molecule is O=Cc1ccc2c(c1O)C1c3ccccc3C2c2ccc(C=O)c(O)c21. The van der Waals surface area contributed by atoms with E-state index in [0.717, 1.165) is 22.3 Å². The number of benzene rings is 3. The monoisotopic (exact) mass is 342 g/mol. The van der Waals surface area contributed by atoms with Crippen LogP contribution in [0.4, 0.5) is 0 Å². The van der Waals surface area contributed by atoms with Gasteiger partial charge in [-0.25, -0.2) is 0 Å². The van der Waals surface area contributed by atoms with Crippen LogP contribution < -0.4 is 0 Å². The molecule has 3 aliphatic rings. The van der Waals surface area contributed by atoms with Gasteiger partial charge in [-0.05, 0) is 34.4 Å². The Balaban J connectivity index is 1.93. The molecule has 0 amide bonds. The van der Waals surface area contributed by atoms with Gasteiger partial charge in [-0.1, -0.05) is 36.4 Å². The van der Waals surface area contributed by atoms with E-state index in [2.05, 4.69) is 0 Å². The highest BCUT2D eigenvalue weighted by Crippen LogP contribution is 2.60. The average Bonchev–Trinajstić information content (AvgIpc) is 2.68. The summed E-state index contributed by atoms with van der Waals surface area (Å²) in [5, 5.41) is 21.5. The fourth-order valence-corrected chi connectivity index (χ4v) is 4.58. The summed E-state index contributed by atoms with van der Waals surface area (Å²) in [6, 6.07) is 14.9. The zero-order valence-corrected chi connectivity index (χ0v) is 13.6. The molecule has 0 atom stereocenters. The molecule has 2 N–H and O–H groups in total. The molecule has 0 aliphatic heterocycles. The van der Waals surface area contributed by atoms with Crippen molar-refractivity contribution in [3.05, 3.63) is 93.0 Å². The minimum atomic E-state index is -0.416. The van der Waals surface area contributed by atoms with Crippen LogP contribution in [0.3, 0.4) is 0 Å². The summed E-state index contributed by atoms with van der Waals surface area (Å²) in [7, 11) is 0. The van der Waals surface area contributed by atoms with Gasteiger partial charge in [0, 0.05) is 23.0 Å². The van der Waals surface area contributed by atoms with Gasteiger partial charge in [-0.2, -0.15) is 0 Å². The second-order valence-electron chi connectivity index (χ2n) is 6.74. The molecule has 0 saturated heterocycles. The van der Waals surface area contributed by atoms with Crippen molar-refractivity contribution in [1.29, 1.82) is 0 Å². The Morgan fingerprint density at radius 3 is 1.54 bits per heavy atom. The van der Waals surface area contributed by atoms with E-state index in [0.29, 0.717) is 23.7 Å². The molecule has 0 saturated carbocycles. The molecule has 6 rings (SSSR count). The van der Waals surface area contributed by atoms with Gasteiger partial charge in [0.05, 0.1) is 11.1 Å². The summed E-state index contributed by atoms with van der Waals surface area (Å²) in [4.78, 5) is 22.6. The molecular formula is C22H14O4. The van der Waals surface area contributed by atoms with E-state index in [1.54, 1.807) is 12.1 Å². The molecule has 4 nitrogen and oxygen atoms in total. The van der Waals surface area contributed by atoms with Crippen molar-refractivity contribution in [2.24, 2.45) is 0 Å². The molecule has 3 aliphatic carbocycles. The zero-order valence-electron chi connectivity index (χ0n) is 13.6. The first-order chi connectivity index (χ1) is 12.7. The van der Waals surface area contributed by atoms with Crippen molar-refractivity contribution in [3.63, 3.8) is 0 Å². The van der Waals surface area contributed by atoms with Crippen LogP contribution in [0.2, 0.25) is 0 Å². The topological polar surface area (TPSA) is 74.6 Å². The highest BCUT2D eigenvalue weighted by atomic mass is 16.3. The number of hydrogen-bond donors (Lipinski definition) is 2. The van der Waals surface area contributed by atoms with Crippen molar-refractivity contribution in [2.75, 3.05) is 0 Å². The van der Waals surface area contributed by atoms with Crippen LogP contribution in [-0.4, -0.2) is 22.8 Å². The number of rotatable bonds is 2. The highest BCUT2D eigenvalue weighted by molar-refractivity contribution is 5.86. The lowest BCUT2D eigenvalue weighted by Gasteiger charge is -2.42. The van der Waals surface area contributed by atoms with Gasteiger partial charge in [0.15, 0.2) is 12.6 Å². The van der Waals surface area contributed by atoms with Crippen molar-refractivity contribution < 1.29 is 19.8 Å². The number of aromatic hydroxyl groups is 2. The predicted molar refractivity (Wildman–Crippen MR) is 95.3 cm³/mol. The minimum Gasteiger partial charge on any atom is -0.507 e. The Labute approximate surface area is 149 Å². The molecule has 3 aromatic carbocycles. The molecular weight excluding hydrogens is 328 g/mol. The van der Waals surface area contributed by atoms with Crippen molar-refractivity contribution in [1.82, 2.24) is 0 Å². The number of carbonyl (C=O) groups excluding carboxylic acids is 2. The molecule has 0 radical (unpaired) electrons. The van der Waals surface area contributed by atoms with Crippen LogP contribution in [0.5, 0.6) is 11.5 Å². The lowest BCUT2D eigenvalue weighted by molar-refractivity contribution is 0.111. The Hall–Kier alpha value is -3.40. The molecule has 0 unspecified atom stereocenters. The van der Waals surface area contributed by atoms with Crippen LogP contribution in [0.15, 0.2) is 48.5 Å². The van der Waals surface area contributed by atoms with Crippen LogP contribution >= 0.6 is 0 Å². The van der Waals surface area contributed by atoms with E-state index in [9.17, 15) is 19.8 Å². The normalized spacial score (nSPS) is 18.6. The predicted octanol–water partition coefficient (Wildman–Crippen LogP) is 3.71. The third-order valence-corrected chi connectivity index (χ3v) is 5.64. The van der Waals surface area contributed by atoms with Crippen molar-refractivity contribution >= 4 is 12.6 Å². The average molecular weight is 342 g/mol. The molecule has 4 heteroatoms. The molecule has 3 aromatic rings. The Morgan fingerprint density at radius 2 is 1.08 bits per heavy atom. The Morgan fingerprint density at radius 1 is 0.615 bits per heavy atom. The molecule has 26 heavy (non-hydrogen) atoms. The smallest absolute Gasteiger partial charge is 0.153 e. The van der Waals surface area contributed by atoms with Gasteiger partial charge in [0.2, 0.25) is 0 Å². The second kappa shape index (κ2) is 5.05. The van der Waals surface area contributed by atoms with Gasteiger partial charge in [-0.15, -0.1) is 0 Å². The molecule has 2 bridgehead atoms. The van der Waals surface area contributed by atoms with Gasteiger partial charge in [0.1, 0.15) is 11.5 Å². The Kier molecular flexibility index (Phi) is 2.89. The summed E-state index contributed by atoms with van der Waals surface area (Å²) in [6.45, 7) is 0. The van der Waals surface area contributed by atoms with E-state index in [1.807, 2.05) is 36.4 Å². The van der Waals surface area contributed by atoms with Crippen LogP contribution in [0, 0.1) is 0 Å². The maximum Gasteiger partial charge on any atom is 0.153 e. The molecule has 126 valence electrons. The first-order valence-electron chi connectivity index (χ1n) is 8.38. The summed E-state index contributed by atoms with van der Waals surface area (Å²) in [6.07, 6.45) is 1.26.